The van der Waals surface area contributed by atoms with Crippen LogP contribution in [-0.2, 0) is 16.8 Å². The molecule has 128 valence electrons. The molecule has 0 aliphatic heterocycles. The molecule has 0 bridgehead atoms. The second kappa shape index (κ2) is 6.86. The van der Waals surface area contributed by atoms with E-state index in [4.69, 9.17) is 0 Å². The first-order valence-corrected chi connectivity index (χ1v) is 7.83. The zero-order valence-electron chi connectivity index (χ0n) is 14.4. The summed E-state index contributed by atoms with van der Waals surface area (Å²) in [5.41, 5.74) is 1.75. The Hall–Kier alpha value is -2.63. The van der Waals surface area contributed by atoms with Gasteiger partial charge in [0.2, 0.25) is 0 Å². The van der Waals surface area contributed by atoms with Crippen molar-refractivity contribution in [3.05, 3.63) is 53.3 Å². The predicted molar refractivity (Wildman–Crippen MR) is 90.7 cm³/mol. The van der Waals surface area contributed by atoms with Crippen LogP contribution < -0.4 is 0 Å². The highest BCUT2D eigenvalue weighted by Crippen LogP contribution is 2.21. The molecule has 1 unspecified atom stereocenters. The second-order valence-electron chi connectivity index (χ2n) is 6.85. The van der Waals surface area contributed by atoms with Gasteiger partial charge in [-0.15, -0.1) is 0 Å². The Balaban J connectivity index is 2.30. The third-order valence-electron chi connectivity index (χ3n) is 3.89. The van der Waals surface area contributed by atoms with E-state index in [0.29, 0.717) is 0 Å². The summed E-state index contributed by atoms with van der Waals surface area (Å²) in [5, 5.41) is 16.3. The molecule has 1 aromatic heterocycles. The minimum absolute atomic E-state index is 0.172. The number of aliphatic carboxylic acids is 1. The smallest absolute Gasteiger partial charge is 0.326 e. The van der Waals surface area contributed by atoms with Crippen molar-refractivity contribution in [2.24, 2.45) is 0 Å². The van der Waals surface area contributed by atoms with Crippen molar-refractivity contribution in [1.29, 1.82) is 0 Å². The maximum absolute atomic E-state index is 12.8. The van der Waals surface area contributed by atoms with Crippen LogP contribution in [0.3, 0.4) is 0 Å². The Morgan fingerprint density at radius 1 is 1.25 bits per heavy atom. The molecular formula is C18H23N3O3. The lowest BCUT2D eigenvalue weighted by atomic mass is 9.92. The molecule has 1 aromatic carbocycles. The highest BCUT2D eigenvalue weighted by Gasteiger charge is 2.29. The molecule has 0 aliphatic rings. The van der Waals surface area contributed by atoms with E-state index in [0.717, 1.165) is 11.3 Å². The van der Waals surface area contributed by atoms with Crippen molar-refractivity contribution in [2.45, 2.75) is 45.7 Å². The minimum atomic E-state index is -1.05. The minimum Gasteiger partial charge on any atom is -0.480 e. The van der Waals surface area contributed by atoms with Crippen LogP contribution in [0, 0.1) is 0 Å². The second-order valence-corrected chi connectivity index (χ2v) is 6.85. The maximum Gasteiger partial charge on any atom is 0.326 e. The summed E-state index contributed by atoms with van der Waals surface area (Å²) >= 11 is 0. The summed E-state index contributed by atoms with van der Waals surface area (Å²) in [6.07, 6.45) is 0. The molecule has 0 saturated carbocycles. The first-order valence-electron chi connectivity index (χ1n) is 7.83. The van der Waals surface area contributed by atoms with E-state index < -0.39 is 17.9 Å². The molecule has 1 heterocycles. The number of nitrogens with zero attached hydrogens (tertiary/aromatic N) is 2. The molecule has 24 heavy (non-hydrogen) atoms. The third-order valence-corrected chi connectivity index (χ3v) is 3.89. The van der Waals surface area contributed by atoms with Gasteiger partial charge in [-0.2, -0.15) is 5.10 Å². The summed E-state index contributed by atoms with van der Waals surface area (Å²) in [7, 11) is 0. The van der Waals surface area contributed by atoms with Gasteiger partial charge in [0, 0.05) is 17.7 Å². The van der Waals surface area contributed by atoms with Gasteiger partial charge in [0.25, 0.3) is 5.91 Å². The Morgan fingerprint density at radius 3 is 2.38 bits per heavy atom. The number of H-pyrrole nitrogens is 1. The monoisotopic (exact) mass is 329 g/mol. The molecule has 0 spiro atoms. The van der Waals surface area contributed by atoms with Gasteiger partial charge in [-0.3, -0.25) is 9.89 Å². The number of carbonyl (C=O) groups excluding carboxylic acids is 1. The molecular weight excluding hydrogens is 306 g/mol. The van der Waals surface area contributed by atoms with E-state index in [2.05, 4.69) is 10.2 Å². The number of amides is 1. The standard InChI is InChI=1S/C18H23N3O3/c1-12(17(23)24)21(11-13-8-6-5-7-9-13)16(22)14-10-15(20-19-14)18(2,3)4/h5-10,12H,11H2,1-4H3,(H,19,20)(H,23,24). The fraction of sp³-hybridized carbons (Fsp3) is 0.389. The van der Waals surface area contributed by atoms with Crippen LogP contribution in [0.15, 0.2) is 36.4 Å². The molecule has 0 radical (unpaired) electrons. The topological polar surface area (TPSA) is 86.3 Å². The molecule has 0 fully saturated rings. The number of rotatable bonds is 5. The van der Waals surface area contributed by atoms with Gasteiger partial charge in [-0.05, 0) is 18.6 Å². The summed E-state index contributed by atoms with van der Waals surface area (Å²) in [6, 6.07) is 10.0. The summed E-state index contributed by atoms with van der Waals surface area (Å²) in [4.78, 5) is 25.5. The third kappa shape index (κ3) is 4.01. The van der Waals surface area contributed by atoms with Crippen molar-refractivity contribution >= 4 is 11.9 Å². The van der Waals surface area contributed by atoms with Crippen LogP contribution in [0.4, 0.5) is 0 Å². The number of carboxylic acids is 1. The lowest BCUT2D eigenvalue weighted by Crippen LogP contribution is -2.42. The van der Waals surface area contributed by atoms with Gasteiger partial charge in [-0.1, -0.05) is 51.1 Å². The van der Waals surface area contributed by atoms with Crippen molar-refractivity contribution in [3.8, 4) is 0 Å². The van der Waals surface area contributed by atoms with Crippen LogP contribution in [0.1, 0.15) is 49.4 Å². The van der Waals surface area contributed by atoms with Crippen molar-refractivity contribution < 1.29 is 14.7 Å². The van der Waals surface area contributed by atoms with E-state index >= 15 is 0 Å². The Bertz CT molecular complexity index is 717. The molecule has 0 aliphatic carbocycles. The van der Waals surface area contributed by atoms with E-state index in [1.807, 2.05) is 51.1 Å². The number of nitrogens with one attached hydrogen (secondary N) is 1. The van der Waals surface area contributed by atoms with E-state index in [1.165, 1.54) is 11.8 Å². The van der Waals surface area contributed by atoms with Crippen LogP contribution >= 0.6 is 0 Å². The molecule has 6 nitrogen and oxygen atoms in total. The molecule has 6 heteroatoms. The average Bonchev–Trinajstić information content (AvgIpc) is 3.02. The quantitative estimate of drug-likeness (QED) is 0.883. The van der Waals surface area contributed by atoms with Crippen molar-refractivity contribution in [1.82, 2.24) is 15.1 Å². The first-order chi connectivity index (χ1) is 11.2. The van der Waals surface area contributed by atoms with Crippen LogP contribution in [-0.4, -0.2) is 38.1 Å². The molecule has 2 rings (SSSR count). The highest BCUT2D eigenvalue weighted by atomic mass is 16.4. The zero-order chi connectivity index (χ0) is 17.9. The largest absolute Gasteiger partial charge is 0.480 e. The average molecular weight is 329 g/mol. The number of aromatic nitrogens is 2. The van der Waals surface area contributed by atoms with Crippen LogP contribution in [0.25, 0.3) is 0 Å². The van der Waals surface area contributed by atoms with Crippen molar-refractivity contribution in [2.75, 3.05) is 0 Å². The Morgan fingerprint density at radius 2 is 1.88 bits per heavy atom. The van der Waals surface area contributed by atoms with Gasteiger partial charge in [0.05, 0.1) is 0 Å². The number of carboxylic acid groups (broad SMARTS) is 1. The summed E-state index contributed by atoms with van der Waals surface area (Å²) in [5.74, 6) is -1.45. The summed E-state index contributed by atoms with van der Waals surface area (Å²) in [6.45, 7) is 7.74. The number of aromatic amines is 1. The fourth-order valence-corrected chi connectivity index (χ4v) is 2.26. The van der Waals surface area contributed by atoms with Gasteiger partial charge >= 0.3 is 5.97 Å². The van der Waals surface area contributed by atoms with E-state index in [9.17, 15) is 14.7 Å². The first kappa shape index (κ1) is 17.7. The highest BCUT2D eigenvalue weighted by molar-refractivity contribution is 5.95. The fourth-order valence-electron chi connectivity index (χ4n) is 2.26. The lowest BCUT2D eigenvalue weighted by Gasteiger charge is -2.26. The summed E-state index contributed by atoms with van der Waals surface area (Å²) < 4.78 is 0. The van der Waals surface area contributed by atoms with Gasteiger partial charge in [0.1, 0.15) is 11.7 Å². The van der Waals surface area contributed by atoms with Crippen LogP contribution in [0.2, 0.25) is 0 Å². The maximum atomic E-state index is 12.8. The van der Waals surface area contributed by atoms with Crippen LogP contribution in [0.5, 0.6) is 0 Å². The molecule has 0 saturated heterocycles. The van der Waals surface area contributed by atoms with Gasteiger partial charge in [-0.25, -0.2) is 4.79 Å². The number of carbonyl (C=O) groups is 2. The van der Waals surface area contributed by atoms with Crippen molar-refractivity contribution in [3.63, 3.8) is 0 Å². The molecule has 1 amide bonds. The number of hydrogen-bond acceptors (Lipinski definition) is 3. The SMILES string of the molecule is CC(C(=O)O)N(Cc1ccccc1)C(=O)c1cc(C(C)(C)C)[nH]n1. The number of benzene rings is 1. The lowest BCUT2D eigenvalue weighted by molar-refractivity contribution is -0.141. The number of hydrogen-bond donors (Lipinski definition) is 2. The molecule has 2 aromatic rings. The predicted octanol–water partition coefficient (Wildman–Crippen LogP) is 2.82. The zero-order valence-corrected chi connectivity index (χ0v) is 14.4. The van der Waals surface area contributed by atoms with Gasteiger partial charge < -0.3 is 10.0 Å². The normalized spacial score (nSPS) is 12.7. The Kier molecular flexibility index (Phi) is 5.07. The van der Waals surface area contributed by atoms with E-state index in [1.54, 1.807) is 6.07 Å². The Labute approximate surface area is 141 Å². The van der Waals surface area contributed by atoms with E-state index in [-0.39, 0.29) is 17.7 Å². The molecule has 2 N–H and O–H groups in total. The van der Waals surface area contributed by atoms with Gasteiger partial charge in [0.15, 0.2) is 0 Å². The molecule has 1 atom stereocenters.